The van der Waals surface area contributed by atoms with Crippen LogP contribution in [-0.2, 0) is 6.54 Å². The molecule has 2 rings (SSSR count). The van der Waals surface area contributed by atoms with Gasteiger partial charge in [0.25, 0.3) is 0 Å². The van der Waals surface area contributed by atoms with Crippen molar-refractivity contribution in [3.63, 3.8) is 0 Å². The summed E-state index contributed by atoms with van der Waals surface area (Å²) in [6.07, 6.45) is 4.78. The summed E-state index contributed by atoms with van der Waals surface area (Å²) in [5, 5.41) is 3.37. The second-order valence-electron chi connectivity index (χ2n) is 5.15. The lowest BCUT2D eigenvalue weighted by Gasteiger charge is -2.18. The number of nitrogens with one attached hydrogen (secondary N) is 1. The molecule has 0 radical (unpaired) electrons. The van der Waals surface area contributed by atoms with Gasteiger partial charge in [-0.15, -0.1) is 0 Å². The van der Waals surface area contributed by atoms with Crippen molar-refractivity contribution in [3.8, 4) is 0 Å². The fourth-order valence-corrected chi connectivity index (χ4v) is 2.24. The minimum Gasteiger partial charge on any atom is -0.326 e. The first kappa shape index (κ1) is 14.7. The zero-order valence-electron chi connectivity index (χ0n) is 12.4. The molecule has 4 heteroatoms. The van der Waals surface area contributed by atoms with E-state index >= 15 is 0 Å². The second-order valence-corrected chi connectivity index (χ2v) is 5.15. The van der Waals surface area contributed by atoms with Gasteiger partial charge < -0.3 is 9.88 Å². The molecular weight excluding hydrogens is 253 g/mol. The topological polar surface area (TPSA) is 29.9 Å². The molecule has 0 aliphatic carbocycles. The predicted octanol–water partition coefficient (Wildman–Crippen LogP) is 3.44. The van der Waals surface area contributed by atoms with E-state index in [9.17, 15) is 4.39 Å². The van der Waals surface area contributed by atoms with E-state index in [1.807, 2.05) is 24.7 Å². The van der Waals surface area contributed by atoms with Crippen molar-refractivity contribution in [2.24, 2.45) is 0 Å². The lowest BCUT2D eigenvalue weighted by Crippen LogP contribution is -2.18. The molecule has 1 aromatic carbocycles. The van der Waals surface area contributed by atoms with E-state index in [4.69, 9.17) is 0 Å². The van der Waals surface area contributed by atoms with Crippen molar-refractivity contribution in [2.45, 2.75) is 39.8 Å². The van der Waals surface area contributed by atoms with Crippen LogP contribution in [0.3, 0.4) is 0 Å². The third-order valence-corrected chi connectivity index (χ3v) is 3.57. The fourth-order valence-electron chi connectivity index (χ4n) is 2.24. The minimum atomic E-state index is -0.153. The van der Waals surface area contributed by atoms with E-state index in [2.05, 4.69) is 28.7 Å². The lowest BCUT2D eigenvalue weighted by molar-refractivity contribution is 0.565. The van der Waals surface area contributed by atoms with E-state index in [0.717, 1.165) is 30.8 Å². The molecule has 0 amide bonds. The number of nitrogens with zero attached hydrogens (tertiary/aromatic N) is 2. The second kappa shape index (κ2) is 6.66. The standard InChI is InChI=1S/C16H22FN3/c1-4-7-18-9-15-10-19-11-20(15)13(3)14-6-5-12(2)16(17)8-14/h5-6,8,10-11,13,18H,4,7,9H2,1-3H3. The minimum absolute atomic E-state index is 0.0750. The average molecular weight is 275 g/mol. The maximum Gasteiger partial charge on any atom is 0.126 e. The molecule has 1 unspecified atom stereocenters. The first-order valence-corrected chi connectivity index (χ1v) is 7.11. The third-order valence-electron chi connectivity index (χ3n) is 3.57. The Kier molecular flexibility index (Phi) is 4.90. The van der Waals surface area contributed by atoms with Gasteiger partial charge in [-0.3, -0.25) is 0 Å². The smallest absolute Gasteiger partial charge is 0.126 e. The van der Waals surface area contributed by atoms with Crippen LogP contribution in [0, 0.1) is 12.7 Å². The van der Waals surface area contributed by atoms with Crippen LogP contribution in [-0.4, -0.2) is 16.1 Å². The van der Waals surface area contributed by atoms with E-state index in [0.29, 0.717) is 5.56 Å². The van der Waals surface area contributed by atoms with E-state index in [-0.39, 0.29) is 11.9 Å². The van der Waals surface area contributed by atoms with Gasteiger partial charge in [-0.2, -0.15) is 0 Å². The quantitative estimate of drug-likeness (QED) is 0.818. The van der Waals surface area contributed by atoms with Crippen LogP contribution in [0.5, 0.6) is 0 Å². The molecule has 0 aliphatic rings. The number of benzene rings is 1. The Balaban J connectivity index is 2.18. The van der Waals surface area contributed by atoms with Gasteiger partial charge in [0.05, 0.1) is 18.1 Å². The number of hydrogen-bond acceptors (Lipinski definition) is 2. The Hall–Kier alpha value is -1.68. The van der Waals surface area contributed by atoms with Crippen LogP contribution in [0.1, 0.15) is 43.1 Å². The third kappa shape index (κ3) is 3.25. The van der Waals surface area contributed by atoms with Crippen molar-refractivity contribution in [1.82, 2.24) is 14.9 Å². The van der Waals surface area contributed by atoms with E-state index in [1.54, 1.807) is 13.0 Å². The van der Waals surface area contributed by atoms with Crippen molar-refractivity contribution in [2.75, 3.05) is 6.54 Å². The molecule has 1 N–H and O–H groups in total. The molecule has 2 aromatic rings. The molecule has 108 valence electrons. The van der Waals surface area contributed by atoms with Crippen LogP contribution in [0.4, 0.5) is 4.39 Å². The van der Waals surface area contributed by atoms with Gasteiger partial charge in [-0.05, 0) is 44.0 Å². The summed E-state index contributed by atoms with van der Waals surface area (Å²) >= 11 is 0. The van der Waals surface area contributed by atoms with Gasteiger partial charge >= 0.3 is 0 Å². The Morgan fingerprint density at radius 3 is 2.90 bits per heavy atom. The predicted molar refractivity (Wildman–Crippen MR) is 79.2 cm³/mol. The molecule has 0 saturated carbocycles. The summed E-state index contributed by atoms with van der Waals surface area (Å²) in [7, 11) is 0. The van der Waals surface area contributed by atoms with Crippen molar-refractivity contribution in [3.05, 3.63) is 53.4 Å². The Bertz CT molecular complexity index is 563. The van der Waals surface area contributed by atoms with Crippen LogP contribution in [0.2, 0.25) is 0 Å². The summed E-state index contributed by atoms with van der Waals surface area (Å²) in [6.45, 7) is 7.75. The summed E-state index contributed by atoms with van der Waals surface area (Å²) in [6, 6.07) is 5.49. The maximum absolute atomic E-state index is 13.7. The van der Waals surface area contributed by atoms with Crippen LogP contribution in [0.15, 0.2) is 30.7 Å². The summed E-state index contributed by atoms with van der Waals surface area (Å²) in [5.41, 5.74) is 2.76. The molecule has 0 aliphatic heterocycles. The zero-order valence-corrected chi connectivity index (χ0v) is 12.4. The fraction of sp³-hybridized carbons (Fsp3) is 0.438. The first-order valence-electron chi connectivity index (χ1n) is 7.11. The molecule has 1 heterocycles. The van der Waals surface area contributed by atoms with E-state index in [1.165, 1.54) is 0 Å². The highest BCUT2D eigenvalue weighted by Crippen LogP contribution is 2.21. The number of imidazole rings is 1. The summed E-state index contributed by atoms with van der Waals surface area (Å²) < 4.78 is 15.8. The highest BCUT2D eigenvalue weighted by atomic mass is 19.1. The van der Waals surface area contributed by atoms with Gasteiger partial charge in [-0.1, -0.05) is 19.1 Å². The first-order chi connectivity index (χ1) is 9.63. The molecule has 0 fully saturated rings. The Morgan fingerprint density at radius 1 is 1.40 bits per heavy atom. The van der Waals surface area contributed by atoms with Crippen molar-refractivity contribution >= 4 is 0 Å². The van der Waals surface area contributed by atoms with Gasteiger partial charge in [0, 0.05) is 12.7 Å². The molecule has 1 aromatic heterocycles. The molecule has 1 atom stereocenters. The molecule has 0 saturated heterocycles. The number of hydrogen-bond donors (Lipinski definition) is 1. The van der Waals surface area contributed by atoms with Gasteiger partial charge in [-0.25, -0.2) is 9.37 Å². The normalized spacial score (nSPS) is 12.6. The molecular formula is C16H22FN3. The average Bonchev–Trinajstić information content (AvgIpc) is 2.90. The summed E-state index contributed by atoms with van der Waals surface area (Å²) in [4.78, 5) is 4.22. The number of rotatable bonds is 6. The van der Waals surface area contributed by atoms with Crippen LogP contribution < -0.4 is 5.32 Å². The largest absolute Gasteiger partial charge is 0.326 e. The van der Waals surface area contributed by atoms with Gasteiger partial charge in [0.2, 0.25) is 0 Å². The monoisotopic (exact) mass is 275 g/mol. The van der Waals surface area contributed by atoms with Gasteiger partial charge in [0.1, 0.15) is 5.82 Å². The number of aromatic nitrogens is 2. The van der Waals surface area contributed by atoms with Crippen molar-refractivity contribution in [1.29, 1.82) is 0 Å². The lowest BCUT2D eigenvalue weighted by atomic mass is 10.1. The Morgan fingerprint density at radius 2 is 2.20 bits per heavy atom. The molecule has 0 bridgehead atoms. The molecule has 0 spiro atoms. The van der Waals surface area contributed by atoms with Crippen LogP contribution in [0.25, 0.3) is 0 Å². The van der Waals surface area contributed by atoms with Gasteiger partial charge in [0.15, 0.2) is 0 Å². The van der Waals surface area contributed by atoms with Crippen LogP contribution >= 0.6 is 0 Å². The highest BCUT2D eigenvalue weighted by Gasteiger charge is 2.12. The Labute approximate surface area is 119 Å². The molecule has 20 heavy (non-hydrogen) atoms. The van der Waals surface area contributed by atoms with E-state index < -0.39 is 0 Å². The van der Waals surface area contributed by atoms with Crippen molar-refractivity contribution < 1.29 is 4.39 Å². The number of halogens is 1. The SMILES string of the molecule is CCCNCc1cncn1C(C)c1ccc(C)c(F)c1. The molecule has 3 nitrogen and oxygen atoms in total. The highest BCUT2D eigenvalue weighted by molar-refractivity contribution is 5.26. The maximum atomic E-state index is 13.7. The zero-order chi connectivity index (χ0) is 14.5. The number of aryl methyl sites for hydroxylation is 1. The summed E-state index contributed by atoms with van der Waals surface area (Å²) in [5.74, 6) is -0.153.